The lowest BCUT2D eigenvalue weighted by atomic mass is 10.1. The molecule has 2 rings (SSSR count). The highest BCUT2D eigenvalue weighted by molar-refractivity contribution is 5.30. The summed E-state index contributed by atoms with van der Waals surface area (Å²) in [4.78, 5) is 10.7. The van der Waals surface area contributed by atoms with Gasteiger partial charge in [0.2, 0.25) is 5.95 Å². The molecule has 94 valence electrons. The maximum Gasteiger partial charge on any atom is 0.225 e. The summed E-state index contributed by atoms with van der Waals surface area (Å²) < 4.78 is 5.64. The van der Waals surface area contributed by atoms with Gasteiger partial charge in [-0.1, -0.05) is 0 Å². The number of aliphatic hydroxyl groups excluding tert-OH is 1. The maximum absolute atomic E-state index is 8.94. The molecule has 1 N–H and O–H groups in total. The van der Waals surface area contributed by atoms with E-state index in [1.165, 1.54) is 0 Å². The van der Waals surface area contributed by atoms with Crippen molar-refractivity contribution in [2.75, 3.05) is 24.6 Å². The topological polar surface area (TPSA) is 58.5 Å². The van der Waals surface area contributed by atoms with Crippen molar-refractivity contribution in [3.63, 3.8) is 0 Å². The Bertz CT molecular complexity index is 340. The van der Waals surface area contributed by atoms with Crippen molar-refractivity contribution in [3.05, 3.63) is 18.0 Å². The number of rotatable bonds is 4. The predicted octanol–water partition coefficient (Wildman–Crippen LogP) is 0.974. The molecule has 5 nitrogen and oxygen atoms in total. The summed E-state index contributed by atoms with van der Waals surface area (Å²) in [5.41, 5.74) is 0.743. The first-order chi connectivity index (χ1) is 8.33. The third-order valence-electron chi connectivity index (χ3n) is 2.94. The summed E-state index contributed by atoms with van der Waals surface area (Å²) in [5, 5.41) is 8.94. The molecular formula is C12H19N3O2. The van der Waals surface area contributed by atoms with Gasteiger partial charge in [-0.05, 0) is 19.8 Å². The third-order valence-corrected chi connectivity index (χ3v) is 2.94. The van der Waals surface area contributed by atoms with Gasteiger partial charge < -0.3 is 14.7 Å². The van der Waals surface area contributed by atoms with Crippen LogP contribution < -0.4 is 4.90 Å². The van der Waals surface area contributed by atoms with Crippen LogP contribution in [-0.2, 0) is 11.3 Å². The third kappa shape index (κ3) is 3.14. The number of nitrogens with zero attached hydrogens (tertiary/aromatic N) is 3. The summed E-state index contributed by atoms with van der Waals surface area (Å²) in [6.45, 7) is 4.59. The van der Waals surface area contributed by atoms with Crippen molar-refractivity contribution >= 4 is 5.95 Å². The molecule has 5 heteroatoms. The average molecular weight is 237 g/mol. The van der Waals surface area contributed by atoms with E-state index in [0.717, 1.165) is 44.0 Å². The summed E-state index contributed by atoms with van der Waals surface area (Å²) in [7, 11) is 0. The van der Waals surface area contributed by atoms with E-state index in [2.05, 4.69) is 14.9 Å². The van der Waals surface area contributed by atoms with Gasteiger partial charge in [-0.15, -0.1) is 0 Å². The molecule has 17 heavy (non-hydrogen) atoms. The van der Waals surface area contributed by atoms with E-state index in [1.807, 2.05) is 6.92 Å². The van der Waals surface area contributed by atoms with Crippen molar-refractivity contribution in [2.45, 2.75) is 32.5 Å². The minimum atomic E-state index is -0.0121. The minimum absolute atomic E-state index is 0.0121. The first-order valence-corrected chi connectivity index (χ1v) is 6.11. The summed E-state index contributed by atoms with van der Waals surface area (Å²) >= 11 is 0. The van der Waals surface area contributed by atoms with Crippen molar-refractivity contribution < 1.29 is 9.84 Å². The fourth-order valence-corrected chi connectivity index (χ4v) is 2.08. The van der Waals surface area contributed by atoms with Crippen molar-refractivity contribution in [2.24, 2.45) is 0 Å². The van der Waals surface area contributed by atoms with Gasteiger partial charge >= 0.3 is 0 Å². The Morgan fingerprint density at radius 2 is 2.24 bits per heavy atom. The lowest BCUT2D eigenvalue weighted by molar-refractivity contribution is 0.0523. The Labute approximate surface area is 101 Å². The second kappa shape index (κ2) is 5.93. The molecule has 1 aliphatic heterocycles. The molecule has 0 radical (unpaired) electrons. The zero-order chi connectivity index (χ0) is 12.1. The molecule has 0 spiro atoms. The molecule has 0 aliphatic carbocycles. The molecule has 1 unspecified atom stereocenters. The number of ether oxygens (including phenoxy) is 1. The van der Waals surface area contributed by atoms with E-state index in [9.17, 15) is 0 Å². The van der Waals surface area contributed by atoms with E-state index in [0.29, 0.717) is 0 Å². The van der Waals surface area contributed by atoms with Gasteiger partial charge in [0.05, 0.1) is 12.7 Å². The van der Waals surface area contributed by atoms with Crippen LogP contribution in [0.2, 0.25) is 0 Å². The van der Waals surface area contributed by atoms with Gasteiger partial charge in [-0.25, -0.2) is 9.97 Å². The van der Waals surface area contributed by atoms with Crippen LogP contribution in [0.15, 0.2) is 12.4 Å². The SMILES string of the molecule is CCOC1CCCN(c2ncc(CO)cn2)C1. The fraction of sp³-hybridized carbons (Fsp3) is 0.667. The van der Waals surface area contributed by atoms with Gasteiger partial charge in [0, 0.05) is 37.7 Å². The quantitative estimate of drug-likeness (QED) is 0.845. The average Bonchev–Trinajstić information content (AvgIpc) is 2.40. The molecule has 2 heterocycles. The minimum Gasteiger partial charge on any atom is -0.392 e. The van der Waals surface area contributed by atoms with Crippen LogP contribution in [0.3, 0.4) is 0 Å². The Morgan fingerprint density at radius 3 is 2.88 bits per heavy atom. The van der Waals surface area contributed by atoms with E-state index in [1.54, 1.807) is 12.4 Å². The molecule has 1 saturated heterocycles. The van der Waals surface area contributed by atoms with Crippen LogP contribution in [0.1, 0.15) is 25.3 Å². The van der Waals surface area contributed by atoms with Gasteiger partial charge in [0.1, 0.15) is 0 Å². The van der Waals surface area contributed by atoms with Gasteiger partial charge in [0.15, 0.2) is 0 Å². The summed E-state index contributed by atoms with van der Waals surface area (Å²) in [5.74, 6) is 0.728. The molecular weight excluding hydrogens is 218 g/mol. The lowest BCUT2D eigenvalue weighted by Gasteiger charge is -2.32. The Morgan fingerprint density at radius 1 is 1.47 bits per heavy atom. The van der Waals surface area contributed by atoms with Crippen LogP contribution >= 0.6 is 0 Å². The molecule has 0 bridgehead atoms. The zero-order valence-corrected chi connectivity index (χ0v) is 10.2. The Balaban J connectivity index is 2.00. The van der Waals surface area contributed by atoms with Crippen molar-refractivity contribution in [3.8, 4) is 0 Å². The first-order valence-electron chi connectivity index (χ1n) is 6.11. The van der Waals surface area contributed by atoms with Crippen LogP contribution in [0.4, 0.5) is 5.95 Å². The van der Waals surface area contributed by atoms with Crippen LogP contribution in [0, 0.1) is 0 Å². The van der Waals surface area contributed by atoms with E-state index < -0.39 is 0 Å². The maximum atomic E-state index is 8.94. The second-order valence-electron chi connectivity index (χ2n) is 4.22. The molecule has 1 aromatic rings. The van der Waals surface area contributed by atoms with Gasteiger partial charge in [-0.3, -0.25) is 0 Å². The number of hydrogen-bond donors (Lipinski definition) is 1. The highest BCUT2D eigenvalue weighted by atomic mass is 16.5. The predicted molar refractivity (Wildman–Crippen MR) is 64.8 cm³/mol. The lowest BCUT2D eigenvalue weighted by Crippen LogP contribution is -2.40. The summed E-state index contributed by atoms with van der Waals surface area (Å²) in [6.07, 6.45) is 5.85. The highest BCUT2D eigenvalue weighted by Gasteiger charge is 2.21. The van der Waals surface area contributed by atoms with E-state index in [-0.39, 0.29) is 12.7 Å². The van der Waals surface area contributed by atoms with Crippen molar-refractivity contribution in [1.29, 1.82) is 0 Å². The Kier molecular flexibility index (Phi) is 4.28. The zero-order valence-electron chi connectivity index (χ0n) is 10.2. The fourth-order valence-electron chi connectivity index (χ4n) is 2.08. The number of hydrogen-bond acceptors (Lipinski definition) is 5. The van der Waals surface area contributed by atoms with Crippen LogP contribution in [0.5, 0.6) is 0 Å². The molecule has 1 aliphatic rings. The number of aliphatic hydroxyl groups is 1. The standard InChI is InChI=1S/C12H19N3O2/c1-2-17-11-4-3-5-15(8-11)12-13-6-10(9-16)7-14-12/h6-7,11,16H,2-5,8-9H2,1H3. The van der Waals surface area contributed by atoms with E-state index in [4.69, 9.17) is 9.84 Å². The van der Waals surface area contributed by atoms with Crippen LogP contribution in [-0.4, -0.2) is 40.9 Å². The van der Waals surface area contributed by atoms with E-state index >= 15 is 0 Å². The second-order valence-corrected chi connectivity index (χ2v) is 4.22. The van der Waals surface area contributed by atoms with Crippen LogP contribution in [0.25, 0.3) is 0 Å². The molecule has 1 fully saturated rings. The molecule has 0 saturated carbocycles. The number of aromatic nitrogens is 2. The Hall–Kier alpha value is -1.20. The molecule has 1 aromatic heterocycles. The largest absolute Gasteiger partial charge is 0.392 e. The number of anilines is 1. The highest BCUT2D eigenvalue weighted by Crippen LogP contribution is 2.17. The molecule has 1 atom stereocenters. The first kappa shape index (κ1) is 12.3. The summed E-state index contributed by atoms with van der Waals surface area (Å²) in [6, 6.07) is 0. The van der Waals surface area contributed by atoms with Crippen molar-refractivity contribution in [1.82, 2.24) is 9.97 Å². The molecule has 0 aromatic carbocycles. The van der Waals surface area contributed by atoms with Gasteiger partial charge in [-0.2, -0.15) is 0 Å². The smallest absolute Gasteiger partial charge is 0.225 e. The molecule has 0 amide bonds. The number of piperidine rings is 1. The normalized spacial score (nSPS) is 20.6. The monoisotopic (exact) mass is 237 g/mol. The van der Waals surface area contributed by atoms with Gasteiger partial charge in [0.25, 0.3) is 0 Å².